The lowest BCUT2D eigenvalue weighted by molar-refractivity contribution is 0.0960. The van der Waals surface area contributed by atoms with Crippen LogP contribution in [0.3, 0.4) is 0 Å². The molecule has 5 nitrogen and oxygen atoms in total. The molecule has 3 rings (SSSR count). The molecule has 1 heterocycles. The molecule has 0 aliphatic carbocycles. The van der Waals surface area contributed by atoms with Crippen LogP contribution >= 0.6 is 0 Å². The van der Waals surface area contributed by atoms with Gasteiger partial charge < -0.3 is 5.32 Å². The second kappa shape index (κ2) is 4.78. The summed E-state index contributed by atoms with van der Waals surface area (Å²) in [4.78, 5) is 24.1. The minimum absolute atomic E-state index is 0.00958. The highest BCUT2D eigenvalue weighted by Gasteiger charge is 2.35. The molecule has 0 fully saturated rings. The quantitative estimate of drug-likeness (QED) is 0.741. The molecule has 22 heavy (non-hydrogen) atoms. The van der Waals surface area contributed by atoms with Crippen molar-refractivity contribution in [3.05, 3.63) is 58.7 Å². The lowest BCUT2D eigenvalue weighted by atomic mass is 9.99. The molecule has 1 aliphatic heterocycles. The normalized spacial score (nSPS) is 14.9. The van der Waals surface area contributed by atoms with Gasteiger partial charge in [0.15, 0.2) is 5.78 Å². The highest BCUT2D eigenvalue weighted by atomic mass is 32.2. The highest BCUT2D eigenvalue weighted by Crippen LogP contribution is 2.35. The van der Waals surface area contributed by atoms with Crippen LogP contribution in [0.4, 0.5) is 0 Å². The van der Waals surface area contributed by atoms with E-state index >= 15 is 0 Å². The van der Waals surface area contributed by atoms with E-state index in [-0.39, 0.29) is 32.3 Å². The van der Waals surface area contributed by atoms with E-state index in [0.29, 0.717) is 0 Å². The summed E-state index contributed by atoms with van der Waals surface area (Å²) < 4.78 is 25.5. The third-order valence-corrected chi connectivity index (χ3v) is 5.53. The number of hydrogen-bond acceptors (Lipinski definition) is 4. The van der Waals surface area contributed by atoms with Gasteiger partial charge in [-0.25, -0.2) is 8.42 Å². The first-order valence-electron chi connectivity index (χ1n) is 6.63. The SMILES string of the molecule is CNC(=O)c1ccc2c(c1)S(=O)(=O)c1ccc(C)cc1C2=O. The number of rotatable bonds is 1. The van der Waals surface area contributed by atoms with E-state index in [1.807, 2.05) is 0 Å². The van der Waals surface area contributed by atoms with Crippen LogP contribution in [0.15, 0.2) is 46.2 Å². The van der Waals surface area contributed by atoms with Crippen LogP contribution in [-0.4, -0.2) is 27.2 Å². The van der Waals surface area contributed by atoms with E-state index in [9.17, 15) is 18.0 Å². The smallest absolute Gasteiger partial charge is 0.251 e. The molecule has 1 aliphatic rings. The Kier molecular flexibility index (Phi) is 3.14. The summed E-state index contributed by atoms with van der Waals surface area (Å²) in [6.07, 6.45) is 0. The van der Waals surface area contributed by atoms with Crippen LogP contribution in [0.5, 0.6) is 0 Å². The number of nitrogens with one attached hydrogen (secondary N) is 1. The van der Waals surface area contributed by atoms with Crippen molar-refractivity contribution in [3.8, 4) is 0 Å². The lowest BCUT2D eigenvalue weighted by Crippen LogP contribution is -2.23. The first-order valence-corrected chi connectivity index (χ1v) is 8.11. The van der Waals surface area contributed by atoms with Crippen molar-refractivity contribution < 1.29 is 18.0 Å². The fourth-order valence-electron chi connectivity index (χ4n) is 2.54. The molecule has 2 aromatic carbocycles. The van der Waals surface area contributed by atoms with Gasteiger partial charge in [0.25, 0.3) is 5.91 Å². The number of ketones is 1. The number of benzene rings is 2. The van der Waals surface area contributed by atoms with E-state index in [2.05, 4.69) is 5.32 Å². The first kappa shape index (κ1) is 14.5. The van der Waals surface area contributed by atoms with Gasteiger partial charge in [0, 0.05) is 23.7 Å². The molecule has 1 N–H and O–H groups in total. The summed E-state index contributed by atoms with van der Waals surface area (Å²) >= 11 is 0. The van der Waals surface area contributed by atoms with E-state index in [4.69, 9.17) is 0 Å². The van der Waals surface area contributed by atoms with Gasteiger partial charge >= 0.3 is 0 Å². The maximum Gasteiger partial charge on any atom is 0.251 e. The zero-order valence-corrected chi connectivity index (χ0v) is 12.8. The van der Waals surface area contributed by atoms with Crippen molar-refractivity contribution in [3.63, 3.8) is 0 Å². The summed E-state index contributed by atoms with van der Waals surface area (Å²) in [5.41, 5.74) is 1.30. The molecular formula is C16H13NO4S. The molecule has 6 heteroatoms. The van der Waals surface area contributed by atoms with E-state index in [1.54, 1.807) is 19.1 Å². The molecular weight excluding hydrogens is 302 g/mol. The van der Waals surface area contributed by atoms with Crippen LogP contribution in [0, 0.1) is 6.92 Å². The number of sulfone groups is 1. The summed E-state index contributed by atoms with van der Waals surface area (Å²) in [5.74, 6) is -0.743. The van der Waals surface area contributed by atoms with E-state index < -0.39 is 15.7 Å². The summed E-state index contributed by atoms with van der Waals surface area (Å²) in [6.45, 7) is 1.80. The molecule has 112 valence electrons. The van der Waals surface area contributed by atoms with Crippen molar-refractivity contribution in [2.45, 2.75) is 16.7 Å². The third kappa shape index (κ3) is 1.95. The van der Waals surface area contributed by atoms with Crippen molar-refractivity contribution in [1.29, 1.82) is 0 Å². The molecule has 2 aromatic rings. The molecule has 0 unspecified atom stereocenters. The molecule has 0 spiro atoms. The Balaban J connectivity index is 2.31. The Labute approximate surface area is 127 Å². The Bertz CT molecular complexity index is 929. The number of hydrogen-bond donors (Lipinski definition) is 1. The van der Waals surface area contributed by atoms with Gasteiger partial charge in [-0.05, 0) is 37.3 Å². The van der Waals surface area contributed by atoms with Gasteiger partial charge in [0.2, 0.25) is 9.84 Å². The molecule has 0 saturated heterocycles. The van der Waals surface area contributed by atoms with Gasteiger partial charge in [-0.15, -0.1) is 0 Å². The number of aryl methyl sites for hydroxylation is 1. The second-order valence-corrected chi connectivity index (χ2v) is 7.01. The maximum atomic E-state index is 12.7. The van der Waals surface area contributed by atoms with Gasteiger partial charge in [0.05, 0.1) is 9.79 Å². The Morgan fingerprint density at radius 2 is 1.73 bits per heavy atom. The average Bonchev–Trinajstić information content (AvgIpc) is 2.51. The van der Waals surface area contributed by atoms with E-state index in [1.165, 1.54) is 31.3 Å². The zero-order valence-electron chi connectivity index (χ0n) is 12.0. The van der Waals surface area contributed by atoms with Crippen molar-refractivity contribution >= 4 is 21.5 Å². The maximum absolute atomic E-state index is 12.7. The second-order valence-electron chi connectivity index (χ2n) is 5.12. The number of amides is 1. The van der Waals surface area contributed by atoms with Crippen LogP contribution in [0.2, 0.25) is 0 Å². The highest BCUT2D eigenvalue weighted by molar-refractivity contribution is 7.91. The first-order chi connectivity index (χ1) is 10.4. The van der Waals surface area contributed by atoms with Crippen LogP contribution in [-0.2, 0) is 9.84 Å². The molecule has 0 bridgehead atoms. The molecule has 0 radical (unpaired) electrons. The number of carbonyl (C=O) groups excluding carboxylic acids is 2. The average molecular weight is 315 g/mol. The fraction of sp³-hybridized carbons (Fsp3) is 0.125. The fourth-order valence-corrected chi connectivity index (χ4v) is 4.19. The predicted octanol–water partition coefficient (Wildman–Crippen LogP) is 1.73. The van der Waals surface area contributed by atoms with Gasteiger partial charge in [-0.3, -0.25) is 9.59 Å². The Morgan fingerprint density at radius 3 is 2.41 bits per heavy atom. The van der Waals surface area contributed by atoms with E-state index in [0.717, 1.165) is 5.56 Å². The van der Waals surface area contributed by atoms with Crippen molar-refractivity contribution in [2.75, 3.05) is 7.05 Å². The summed E-state index contributed by atoms with van der Waals surface area (Å²) in [5, 5.41) is 2.43. The van der Waals surface area contributed by atoms with Crippen LogP contribution < -0.4 is 5.32 Å². The zero-order chi connectivity index (χ0) is 16.1. The third-order valence-electron chi connectivity index (χ3n) is 3.67. The summed E-state index contributed by atoms with van der Waals surface area (Å²) in [7, 11) is -2.36. The summed E-state index contributed by atoms with van der Waals surface area (Å²) in [6, 6.07) is 8.76. The molecule has 0 saturated carbocycles. The Hall–Kier alpha value is -2.47. The minimum Gasteiger partial charge on any atom is -0.355 e. The van der Waals surface area contributed by atoms with Crippen molar-refractivity contribution in [1.82, 2.24) is 5.32 Å². The van der Waals surface area contributed by atoms with Gasteiger partial charge in [0.1, 0.15) is 0 Å². The van der Waals surface area contributed by atoms with Crippen molar-refractivity contribution in [2.24, 2.45) is 0 Å². The standard InChI is InChI=1S/C16H13NO4S/c1-9-3-6-13-12(7-9)15(18)11-5-4-10(16(19)17-2)8-14(11)22(13,20)21/h3-8H,1-2H3,(H,17,19). The Morgan fingerprint density at radius 1 is 1.00 bits per heavy atom. The lowest BCUT2D eigenvalue weighted by Gasteiger charge is -2.19. The predicted molar refractivity (Wildman–Crippen MR) is 79.9 cm³/mol. The molecule has 1 amide bonds. The number of carbonyl (C=O) groups is 2. The van der Waals surface area contributed by atoms with Crippen LogP contribution in [0.25, 0.3) is 0 Å². The molecule has 0 aromatic heterocycles. The molecule has 0 atom stereocenters. The monoisotopic (exact) mass is 315 g/mol. The minimum atomic E-state index is -3.82. The van der Waals surface area contributed by atoms with Gasteiger partial charge in [-0.1, -0.05) is 11.6 Å². The topological polar surface area (TPSA) is 80.3 Å². The largest absolute Gasteiger partial charge is 0.355 e. The number of fused-ring (bicyclic) bond motifs is 2. The van der Waals surface area contributed by atoms with Crippen LogP contribution in [0.1, 0.15) is 31.8 Å². The van der Waals surface area contributed by atoms with Gasteiger partial charge in [-0.2, -0.15) is 0 Å².